The number of hydrogen-bond donors (Lipinski definition) is 2. The highest BCUT2D eigenvalue weighted by atomic mass is 35.5. The first kappa shape index (κ1) is 14.6. The van der Waals surface area contributed by atoms with E-state index in [0.29, 0.717) is 17.4 Å². The second kappa shape index (κ2) is 6.07. The first-order valence-corrected chi connectivity index (χ1v) is 8.31. The molecule has 2 rings (SSSR count). The van der Waals surface area contributed by atoms with Gasteiger partial charge in [-0.2, -0.15) is 0 Å². The summed E-state index contributed by atoms with van der Waals surface area (Å²) in [4.78, 5) is 4.16. The van der Waals surface area contributed by atoms with Crippen LogP contribution in [0.15, 0.2) is 17.2 Å². The quantitative estimate of drug-likeness (QED) is 0.876. The average Bonchev–Trinajstić information content (AvgIpc) is 2.84. The van der Waals surface area contributed by atoms with Crippen molar-refractivity contribution in [1.82, 2.24) is 9.71 Å². The topological polar surface area (TPSA) is 71.1 Å². The number of aromatic nitrogens is 1. The normalized spacial score (nSPS) is 16.7. The van der Waals surface area contributed by atoms with E-state index in [1.807, 2.05) is 6.92 Å². The Kier molecular flexibility index (Phi) is 4.65. The molecule has 106 valence electrons. The molecule has 1 aliphatic carbocycles. The number of halogens is 1. The fourth-order valence-corrected chi connectivity index (χ4v) is 3.77. The molecule has 0 radical (unpaired) electrons. The molecular weight excluding hydrogens is 286 g/mol. The minimum atomic E-state index is -3.52. The summed E-state index contributed by atoms with van der Waals surface area (Å²) in [6, 6.07) is 1.47. The Hall–Kier alpha value is -0.850. The van der Waals surface area contributed by atoms with Gasteiger partial charge in [0.2, 0.25) is 10.0 Å². The van der Waals surface area contributed by atoms with E-state index in [1.54, 1.807) is 0 Å². The van der Waals surface area contributed by atoms with E-state index in [9.17, 15) is 8.42 Å². The van der Waals surface area contributed by atoms with Gasteiger partial charge in [-0.15, -0.1) is 0 Å². The van der Waals surface area contributed by atoms with E-state index in [0.717, 1.165) is 25.7 Å². The Labute approximate surface area is 118 Å². The van der Waals surface area contributed by atoms with Crippen molar-refractivity contribution in [3.63, 3.8) is 0 Å². The third kappa shape index (κ3) is 3.58. The van der Waals surface area contributed by atoms with E-state index in [-0.39, 0.29) is 10.9 Å². The summed E-state index contributed by atoms with van der Waals surface area (Å²) in [6.07, 6.45) is 5.28. The maximum absolute atomic E-state index is 12.2. The summed E-state index contributed by atoms with van der Waals surface area (Å²) in [7, 11) is -3.52. The Balaban J connectivity index is 2.17. The van der Waals surface area contributed by atoms with E-state index in [1.165, 1.54) is 12.3 Å². The lowest BCUT2D eigenvalue weighted by atomic mass is 10.3. The van der Waals surface area contributed by atoms with Crippen LogP contribution < -0.4 is 10.0 Å². The Morgan fingerprint density at radius 3 is 2.68 bits per heavy atom. The molecule has 1 saturated carbocycles. The largest absolute Gasteiger partial charge is 0.369 e. The molecule has 0 aliphatic heterocycles. The fourth-order valence-electron chi connectivity index (χ4n) is 2.20. The van der Waals surface area contributed by atoms with Crippen molar-refractivity contribution in [1.29, 1.82) is 0 Å². The van der Waals surface area contributed by atoms with Gasteiger partial charge in [-0.05, 0) is 25.8 Å². The summed E-state index contributed by atoms with van der Waals surface area (Å²) < 4.78 is 27.1. The number of anilines is 1. The summed E-state index contributed by atoms with van der Waals surface area (Å²) >= 11 is 6.01. The number of pyridine rings is 1. The zero-order chi connectivity index (χ0) is 13.9. The second-order valence-corrected chi connectivity index (χ2v) is 6.76. The van der Waals surface area contributed by atoms with Gasteiger partial charge in [0.1, 0.15) is 10.7 Å². The smallest absolute Gasteiger partial charge is 0.242 e. The molecule has 0 amide bonds. The molecule has 0 atom stereocenters. The Morgan fingerprint density at radius 1 is 1.42 bits per heavy atom. The van der Waals surface area contributed by atoms with Crippen LogP contribution in [0.4, 0.5) is 5.82 Å². The van der Waals surface area contributed by atoms with Crippen molar-refractivity contribution in [3.8, 4) is 0 Å². The second-order valence-electron chi connectivity index (χ2n) is 4.63. The van der Waals surface area contributed by atoms with Crippen LogP contribution in [0.2, 0.25) is 5.02 Å². The molecule has 0 spiro atoms. The third-order valence-electron chi connectivity index (χ3n) is 3.15. The minimum absolute atomic E-state index is 0.0391. The number of rotatable bonds is 5. The number of nitrogens with one attached hydrogen (secondary N) is 2. The molecular formula is C12H18ClN3O2S. The molecule has 2 N–H and O–H groups in total. The van der Waals surface area contributed by atoms with Crippen molar-refractivity contribution in [2.24, 2.45) is 0 Å². The van der Waals surface area contributed by atoms with Crippen molar-refractivity contribution >= 4 is 27.4 Å². The minimum Gasteiger partial charge on any atom is -0.369 e. The van der Waals surface area contributed by atoms with Crippen molar-refractivity contribution in [3.05, 3.63) is 17.3 Å². The molecule has 19 heavy (non-hydrogen) atoms. The van der Waals surface area contributed by atoms with E-state index >= 15 is 0 Å². The monoisotopic (exact) mass is 303 g/mol. The predicted octanol–water partition coefficient (Wildman–Crippen LogP) is 2.39. The van der Waals surface area contributed by atoms with Gasteiger partial charge in [0.15, 0.2) is 0 Å². The molecule has 1 fully saturated rings. The van der Waals surface area contributed by atoms with Gasteiger partial charge in [-0.1, -0.05) is 24.4 Å². The SMILES string of the molecule is CCNc1ncc(S(=O)(=O)NC2CCCC2)cc1Cl. The molecule has 1 aromatic heterocycles. The highest BCUT2D eigenvalue weighted by Gasteiger charge is 2.23. The zero-order valence-corrected chi connectivity index (χ0v) is 12.4. The van der Waals surface area contributed by atoms with Gasteiger partial charge >= 0.3 is 0 Å². The van der Waals surface area contributed by atoms with Gasteiger partial charge in [0.05, 0.1) is 5.02 Å². The molecule has 7 heteroatoms. The van der Waals surface area contributed by atoms with Crippen LogP contribution in [0, 0.1) is 0 Å². The van der Waals surface area contributed by atoms with Crippen LogP contribution in [0.1, 0.15) is 32.6 Å². The molecule has 1 aromatic rings. The van der Waals surface area contributed by atoms with E-state index in [2.05, 4.69) is 15.0 Å². The molecule has 0 unspecified atom stereocenters. The van der Waals surface area contributed by atoms with E-state index in [4.69, 9.17) is 11.6 Å². The summed E-state index contributed by atoms with van der Waals surface area (Å²) in [5.74, 6) is 0.504. The standard InChI is InChI=1S/C12H18ClN3O2S/c1-2-14-12-11(13)7-10(8-15-12)19(17,18)16-9-5-3-4-6-9/h7-9,16H,2-6H2,1H3,(H,14,15). The molecule has 0 saturated heterocycles. The molecule has 0 bridgehead atoms. The summed E-state index contributed by atoms with van der Waals surface area (Å²) in [6.45, 7) is 2.60. The van der Waals surface area contributed by atoms with Crippen molar-refractivity contribution in [2.45, 2.75) is 43.5 Å². The van der Waals surface area contributed by atoms with Gasteiger partial charge in [0.25, 0.3) is 0 Å². The summed E-state index contributed by atoms with van der Waals surface area (Å²) in [5, 5.41) is 3.29. The van der Waals surface area contributed by atoms with Crippen LogP contribution in [-0.4, -0.2) is 26.0 Å². The van der Waals surface area contributed by atoms with Gasteiger partial charge in [-0.3, -0.25) is 0 Å². The van der Waals surface area contributed by atoms with Crippen molar-refractivity contribution in [2.75, 3.05) is 11.9 Å². The maximum atomic E-state index is 12.2. The first-order chi connectivity index (χ1) is 9.03. The highest BCUT2D eigenvalue weighted by molar-refractivity contribution is 7.89. The first-order valence-electron chi connectivity index (χ1n) is 6.44. The van der Waals surface area contributed by atoms with Crippen LogP contribution in [-0.2, 0) is 10.0 Å². The number of nitrogens with zero attached hydrogens (tertiary/aromatic N) is 1. The molecule has 1 heterocycles. The summed E-state index contributed by atoms with van der Waals surface area (Å²) in [5.41, 5.74) is 0. The molecule has 1 aliphatic rings. The van der Waals surface area contributed by atoms with Crippen LogP contribution in [0.3, 0.4) is 0 Å². The maximum Gasteiger partial charge on any atom is 0.242 e. The molecule has 0 aromatic carbocycles. The van der Waals surface area contributed by atoms with Crippen LogP contribution in [0.5, 0.6) is 0 Å². The number of hydrogen-bond acceptors (Lipinski definition) is 4. The zero-order valence-electron chi connectivity index (χ0n) is 10.8. The van der Waals surface area contributed by atoms with Crippen LogP contribution >= 0.6 is 11.6 Å². The third-order valence-corrected chi connectivity index (χ3v) is 4.92. The molecule has 5 nitrogen and oxygen atoms in total. The lowest BCUT2D eigenvalue weighted by molar-refractivity contribution is 0.552. The lowest BCUT2D eigenvalue weighted by Gasteiger charge is -2.13. The predicted molar refractivity (Wildman–Crippen MR) is 76.0 cm³/mol. The van der Waals surface area contributed by atoms with Gasteiger partial charge in [-0.25, -0.2) is 18.1 Å². The van der Waals surface area contributed by atoms with Crippen molar-refractivity contribution < 1.29 is 8.42 Å². The highest BCUT2D eigenvalue weighted by Crippen LogP contribution is 2.24. The average molecular weight is 304 g/mol. The lowest BCUT2D eigenvalue weighted by Crippen LogP contribution is -2.32. The number of sulfonamides is 1. The van der Waals surface area contributed by atoms with E-state index < -0.39 is 10.0 Å². The fraction of sp³-hybridized carbons (Fsp3) is 0.583. The Bertz CT molecular complexity index is 542. The Morgan fingerprint density at radius 2 is 2.11 bits per heavy atom. The van der Waals surface area contributed by atoms with Gasteiger partial charge in [0, 0.05) is 18.8 Å². The van der Waals surface area contributed by atoms with Crippen LogP contribution in [0.25, 0.3) is 0 Å². The van der Waals surface area contributed by atoms with Gasteiger partial charge < -0.3 is 5.32 Å².